The van der Waals surface area contributed by atoms with E-state index in [1.807, 2.05) is 0 Å². The van der Waals surface area contributed by atoms with Gasteiger partial charge in [-0.3, -0.25) is 4.79 Å². The molecule has 2 N–H and O–H groups in total. The van der Waals surface area contributed by atoms with Gasteiger partial charge in [0.2, 0.25) is 5.91 Å². The fraction of sp³-hybridized carbons (Fsp3) is 0.273. The molecule has 4 nitrogen and oxygen atoms in total. The molecule has 0 fully saturated rings. The van der Waals surface area contributed by atoms with Crippen molar-refractivity contribution < 1.29 is 27.9 Å². The van der Waals surface area contributed by atoms with Crippen molar-refractivity contribution in [3.05, 3.63) is 28.8 Å². The Morgan fingerprint density at radius 3 is 2.50 bits per heavy atom. The van der Waals surface area contributed by atoms with Crippen LogP contribution in [0.4, 0.5) is 18.9 Å². The van der Waals surface area contributed by atoms with Gasteiger partial charge in [0.15, 0.2) is 0 Å². The first-order chi connectivity index (χ1) is 8.29. The summed E-state index contributed by atoms with van der Waals surface area (Å²) < 4.78 is 38.4. The van der Waals surface area contributed by atoms with Crippen LogP contribution in [0.2, 0.25) is 0 Å². The molecule has 1 amide bonds. The SMILES string of the molecule is O=C1CCc2cc(C(=O)O)cc(C(F)(F)F)c2N1. The van der Waals surface area contributed by atoms with Gasteiger partial charge in [0.25, 0.3) is 0 Å². The summed E-state index contributed by atoms with van der Waals surface area (Å²) in [4.78, 5) is 21.9. The maximum Gasteiger partial charge on any atom is 0.418 e. The van der Waals surface area contributed by atoms with Crippen LogP contribution in [-0.4, -0.2) is 17.0 Å². The van der Waals surface area contributed by atoms with Crippen LogP contribution in [0.1, 0.15) is 27.9 Å². The molecule has 0 atom stereocenters. The minimum absolute atomic E-state index is 0.0490. The van der Waals surface area contributed by atoms with E-state index in [0.29, 0.717) is 6.07 Å². The average molecular weight is 259 g/mol. The van der Waals surface area contributed by atoms with Gasteiger partial charge in [0, 0.05) is 6.42 Å². The van der Waals surface area contributed by atoms with E-state index in [9.17, 15) is 22.8 Å². The second-order valence-corrected chi connectivity index (χ2v) is 3.91. The minimum Gasteiger partial charge on any atom is -0.478 e. The smallest absolute Gasteiger partial charge is 0.418 e. The Morgan fingerprint density at radius 1 is 1.28 bits per heavy atom. The number of anilines is 1. The summed E-state index contributed by atoms with van der Waals surface area (Å²) in [6, 6.07) is 1.69. The molecule has 1 aliphatic heterocycles. The summed E-state index contributed by atoms with van der Waals surface area (Å²) in [6.07, 6.45) is -4.56. The van der Waals surface area contributed by atoms with Crippen LogP contribution in [0.25, 0.3) is 0 Å². The Labute approximate surface area is 99.4 Å². The van der Waals surface area contributed by atoms with E-state index in [1.165, 1.54) is 0 Å². The lowest BCUT2D eigenvalue weighted by molar-refractivity contribution is -0.137. The van der Waals surface area contributed by atoms with Crippen LogP contribution in [0.3, 0.4) is 0 Å². The van der Waals surface area contributed by atoms with Gasteiger partial charge in [-0.15, -0.1) is 0 Å². The number of halogens is 3. The molecule has 0 unspecified atom stereocenters. The van der Waals surface area contributed by atoms with E-state index >= 15 is 0 Å². The summed E-state index contributed by atoms with van der Waals surface area (Å²) in [6.45, 7) is 0. The minimum atomic E-state index is -4.71. The molecule has 18 heavy (non-hydrogen) atoms. The van der Waals surface area contributed by atoms with E-state index < -0.39 is 29.2 Å². The zero-order valence-electron chi connectivity index (χ0n) is 8.97. The average Bonchev–Trinajstić information content (AvgIpc) is 2.26. The molecule has 0 bridgehead atoms. The van der Waals surface area contributed by atoms with Crippen molar-refractivity contribution in [1.82, 2.24) is 0 Å². The van der Waals surface area contributed by atoms with Crippen LogP contribution in [0, 0.1) is 0 Å². The van der Waals surface area contributed by atoms with Crippen molar-refractivity contribution in [2.45, 2.75) is 19.0 Å². The van der Waals surface area contributed by atoms with E-state index in [4.69, 9.17) is 5.11 Å². The van der Waals surface area contributed by atoms with Gasteiger partial charge >= 0.3 is 12.1 Å². The van der Waals surface area contributed by atoms with Crippen LogP contribution >= 0.6 is 0 Å². The quantitative estimate of drug-likeness (QED) is 0.813. The van der Waals surface area contributed by atoms with Crippen molar-refractivity contribution in [2.75, 3.05) is 5.32 Å². The van der Waals surface area contributed by atoms with Crippen molar-refractivity contribution in [3.8, 4) is 0 Å². The lowest BCUT2D eigenvalue weighted by atomic mass is 9.95. The summed E-state index contributed by atoms with van der Waals surface area (Å²) in [5, 5.41) is 10.9. The number of alkyl halides is 3. The number of nitrogens with one attached hydrogen (secondary N) is 1. The highest BCUT2D eigenvalue weighted by molar-refractivity contribution is 5.97. The van der Waals surface area contributed by atoms with Crippen molar-refractivity contribution in [1.29, 1.82) is 0 Å². The lowest BCUT2D eigenvalue weighted by Gasteiger charge is -2.22. The van der Waals surface area contributed by atoms with Gasteiger partial charge in [0.1, 0.15) is 0 Å². The molecular formula is C11H8F3NO3. The molecule has 1 aliphatic rings. The highest BCUT2D eigenvalue weighted by Crippen LogP contribution is 2.39. The number of carbonyl (C=O) groups excluding carboxylic acids is 1. The number of carboxylic acids is 1. The Balaban J connectivity index is 2.65. The van der Waals surface area contributed by atoms with E-state index in [1.54, 1.807) is 0 Å². The third-order valence-electron chi connectivity index (χ3n) is 2.66. The Kier molecular flexibility index (Phi) is 2.76. The van der Waals surface area contributed by atoms with Gasteiger partial charge in [-0.25, -0.2) is 4.79 Å². The van der Waals surface area contributed by atoms with Gasteiger partial charge in [-0.2, -0.15) is 13.2 Å². The van der Waals surface area contributed by atoms with Crippen LogP contribution in [0.15, 0.2) is 12.1 Å². The van der Waals surface area contributed by atoms with Crippen molar-refractivity contribution in [3.63, 3.8) is 0 Å². The molecule has 1 aromatic rings. The summed E-state index contributed by atoms with van der Waals surface area (Å²) in [5.41, 5.74) is -1.69. The molecule has 96 valence electrons. The second kappa shape index (κ2) is 4.01. The number of aromatic carboxylic acids is 1. The molecular weight excluding hydrogens is 251 g/mol. The fourth-order valence-corrected chi connectivity index (χ4v) is 1.84. The second-order valence-electron chi connectivity index (χ2n) is 3.91. The summed E-state index contributed by atoms with van der Waals surface area (Å²) in [5.74, 6) is -1.93. The topological polar surface area (TPSA) is 66.4 Å². The molecule has 0 spiro atoms. The van der Waals surface area contributed by atoms with Gasteiger partial charge in [0.05, 0.1) is 16.8 Å². The summed E-state index contributed by atoms with van der Waals surface area (Å²) >= 11 is 0. The molecule has 0 saturated carbocycles. The number of benzene rings is 1. The first-order valence-electron chi connectivity index (χ1n) is 5.06. The van der Waals surface area contributed by atoms with E-state index in [-0.39, 0.29) is 24.1 Å². The largest absolute Gasteiger partial charge is 0.478 e. The highest BCUT2D eigenvalue weighted by Gasteiger charge is 2.37. The number of rotatable bonds is 1. The Bertz CT molecular complexity index is 537. The number of hydrogen-bond acceptors (Lipinski definition) is 2. The third-order valence-corrected chi connectivity index (χ3v) is 2.66. The molecule has 0 radical (unpaired) electrons. The Morgan fingerprint density at radius 2 is 1.94 bits per heavy atom. The molecule has 1 aromatic carbocycles. The maximum atomic E-state index is 12.8. The normalized spacial score (nSPS) is 14.9. The molecule has 7 heteroatoms. The predicted molar refractivity (Wildman–Crippen MR) is 55.4 cm³/mol. The van der Waals surface area contributed by atoms with Crippen LogP contribution in [0.5, 0.6) is 0 Å². The van der Waals surface area contributed by atoms with Crippen molar-refractivity contribution in [2.24, 2.45) is 0 Å². The first kappa shape index (κ1) is 12.4. The zero-order valence-corrected chi connectivity index (χ0v) is 8.97. The van der Waals surface area contributed by atoms with E-state index in [2.05, 4.69) is 5.32 Å². The van der Waals surface area contributed by atoms with E-state index in [0.717, 1.165) is 6.07 Å². The molecule has 0 aromatic heterocycles. The van der Waals surface area contributed by atoms with Gasteiger partial charge in [-0.05, 0) is 24.1 Å². The number of carbonyl (C=O) groups is 2. The number of hydrogen-bond donors (Lipinski definition) is 2. The monoisotopic (exact) mass is 259 g/mol. The number of carboxylic acid groups (broad SMARTS) is 1. The van der Waals surface area contributed by atoms with Crippen LogP contribution in [-0.2, 0) is 17.4 Å². The first-order valence-corrected chi connectivity index (χ1v) is 5.06. The third kappa shape index (κ3) is 2.15. The Hall–Kier alpha value is -2.05. The highest BCUT2D eigenvalue weighted by atomic mass is 19.4. The zero-order chi connectivity index (χ0) is 13.5. The molecule has 2 rings (SSSR count). The predicted octanol–water partition coefficient (Wildman–Crippen LogP) is 2.29. The number of amides is 1. The van der Waals surface area contributed by atoms with Crippen molar-refractivity contribution >= 4 is 17.6 Å². The van der Waals surface area contributed by atoms with Crippen LogP contribution < -0.4 is 5.32 Å². The maximum absolute atomic E-state index is 12.8. The molecule has 1 heterocycles. The standard InChI is InChI=1S/C11H8F3NO3/c12-11(13,14)7-4-6(10(17)18)3-5-1-2-8(16)15-9(5)7/h3-4H,1-2H2,(H,15,16)(H,17,18). The number of aryl methyl sites for hydroxylation is 1. The molecule has 0 aliphatic carbocycles. The lowest BCUT2D eigenvalue weighted by Crippen LogP contribution is -2.23. The molecule has 0 saturated heterocycles. The summed E-state index contributed by atoms with van der Waals surface area (Å²) in [7, 11) is 0. The fourth-order valence-electron chi connectivity index (χ4n) is 1.84. The number of fused-ring (bicyclic) bond motifs is 1. The van der Waals surface area contributed by atoms with Gasteiger partial charge in [-0.1, -0.05) is 0 Å². The van der Waals surface area contributed by atoms with Gasteiger partial charge < -0.3 is 10.4 Å².